The third kappa shape index (κ3) is 2.47. The van der Waals surface area contributed by atoms with Crippen LogP contribution in [0, 0.1) is 5.92 Å². The monoisotopic (exact) mass is 222 g/mol. The second-order valence-corrected chi connectivity index (χ2v) is 4.56. The minimum Gasteiger partial charge on any atom is -0.493 e. The molecule has 16 heavy (non-hydrogen) atoms. The van der Waals surface area contributed by atoms with Crippen LogP contribution in [0.4, 0.5) is 0 Å². The van der Waals surface area contributed by atoms with E-state index in [0.29, 0.717) is 12.5 Å². The maximum atomic E-state index is 9.56. The van der Waals surface area contributed by atoms with Crippen molar-refractivity contribution in [2.24, 2.45) is 5.92 Å². The van der Waals surface area contributed by atoms with Crippen molar-refractivity contribution in [1.82, 2.24) is 0 Å². The summed E-state index contributed by atoms with van der Waals surface area (Å²) in [6.45, 7) is 5.42. The summed E-state index contributed by atoms with van der Waals surface area (Å²) < 4.78 is 11.0. The van der Waals surface area contributed by atoms with Crippen molar-refractivity contribution in [2.75, 3.05) is 13.2 Å². The molecule has 1 atom stereocenters. The van der Waals surface area contributed by atoms with Crippen LogP contribution < -0.4 is 9.47 Å². The average Bonchev–Trinajstić information content (AvgIpc) is 2.60. The van der Waals surface area contributed by atoms with Crippen LogP contribution in [0.2, 0.25) is 0 Å². The summed E-state index contributed by atoms with van der Waals surface area (Å²) in [5.41, 5.74) is 0.858. The number of hydrogen-bond acceptors (Lipinski definition) is 3. The number of fused-ring (bicyclic) bond motifs is 1. The summed E-state index contributed by atoms with van der Waals surface area (Å²) in [5, 5.41) is 9.56. The van der Waals surface area contributed by atoms with Crippen LogP contribution in [0.25, 0.3) is 0 Å². The Balaban J connectivity index is 1.97. The van der Waals surface area contributed by atoms with Crippen LogP contribution in [0.15, 0.2) is 18.2 Å². The van der Waals surface area contributed by atoms with Crippen LogP contribution in [0.1, 0.15) is 31.9 Å². The average molecular weight is 222 g/mol. The van der Waals surface area contributed by atoms with Gasteiger partial charge in [-0.1, -0.05) is 13.8 Å². The van der Waals surface area contributed by atoms with E-state index in [1.165, 1.54) is 0 Å². The highest BCUT2D eigenvalue weighted by Crippen LogP contribution is 2.35. The van der Waals surface area contributed by atoms with Gasteiger partial charge in [-0.2, -0.15) is 0 Å². The van der Waals surface area contributed by atoms with Crippen molar-refractivity contribution in [3.8, 4) is 11.5 Å². The standard InChI is InChI=1S/C13H18O3/c1-9(2)5-6-15-10-3-4-11-12(14)8-16-13(11)7-10/h3-4,7,9,12,14H,5-6,8H2,1-2H3. The molecular weight excluding hydrogens is 204 g/mol. The summed E-state index contributed by atoms with van der Waals surface area (Å²) >= 11 is 0. The summed E-state index contributed by atoms with van der Waals surface area (Å²) in [6, 6.07) is 5.61. The Morgan fingerprint density at radius 1 is 1.50 bits per heavy atom. The number of hydrogen-bond donors (Lipinski definition) is 1. The molecule has 3 nitrogen and oxygen atoms in total. The van der Waals surface area contributed by atoms with Gasteiger partial charge in [-0.05, 0) is 24.5 Å². The van der Waals surface area contributed by atoms with Crippen molar-refractivity contribution in [3.63, 3.8) is 0 Å². The molecule has 1 aliphatic rings. The fourth-order valence-electron chi connectivity index (χ4n) is 1.68. The number of benzene rings is 1. The summed E-state index contributed by atoms with van der Waals surface area (Å²) in [5.74, 6) is 2.20. The molecule has 1 aromatic carbocycles. The van der Waals surface area contributed by atoms with Crippen molar-refractivity contribution < 1.29 is 14.6 Å². The number of aliphatic hydroxyl groups is 1. The zero-order valence-electron chi connectivity index (χ0n) is 9.77. The molecule has 1 heterocycles. The van der Waals surface area contributed by atoms with Gasteiger partial charge < -0.3 is 14.6 Å². The fourth-order valence-corrected chi connectivity index (χ4v) is 1.68. The number of aliphatic hydroxyl groups excluding tert-OH is 1. The Morgan fingerprint density at radius 3 is 3.06 bits per heavy atom. The molecule has 1 unspecified atom stereocenters. The Labute approximate surface area is 96.0 Å². The lowest BCUT2D eigenvalue weighted by atomic mass is 10.1. The van der Waals surface area contributed by atoms with Gasteiger partial charge in [-0.15, -0.1) is 0 Å². The van der Waals surface area contributed by atoms with E-state index in [2.05, 4.69) is 13.8 Å². The maximum absolute atomic E-state index is 9.56. The van der Waals surface area contributed by atoms with Gasteiger partial charge in [0.15, 0.2) is 0 Å². The highest BCUT2D eigenvalue weighted by atomic mass is 16.5. The van der Waals surface area contributed by atoms with Crippen LogP contribution in [-0.4, -0.2) is 18.3 Å². The van der Waals surface area contributed by atoms with E-state index < -0.39 is 6.10 Å². The van der Waals surface area contributed by atoms with E-state index >= 15 is 0 Å². The second kappa shape index (κ2) is 4.74. The summed E-state index contributed by atoms with van der Waals surface area (Å²) in [4.78, 5) is 0. The first-order valence-electron chi connectivity index (χ1n) is 5.74. The predicted molar refractivity (Wildman–Crippen MR) is 61.8 cm³/mol. The van der Waals surface area contributed by atoms with E-state index in [-0.39, 0.29) is 0 Å². The van der Waals surface area contributed by atoms with Gasteiger partial charge in [0.05, 0.1) is 6.61 Å². The molecule has 88 valence electrons. The van der Waals surface area contributed by atoms with Gasteiger partial charge in [-0.3, -0.25) is 0 Å². The molecule has 3 heteroatoms. The Hall–Kier alpha value is -1.22. The van der Waals surface area contributed by atoms with E-state index in [1.54, 1.807) is 0 Å². The normalized spacial score (nSPS) is 18.4. The molecular formula is C13H18O3. The van der Waals surface area contributed by atoms with Gasteiger partial charge in [0.1, 0.15) is 24.2 Å². The van der Waals surface area contributed by atoms with E-state index in [1.807, 2.05) is 18.2 Å². The van der Waals surface area contributed by atoms with Gasteiger partial charge in [0.2, 0.25) is 0 Å². The molecule has 1 aromatic rings. The molecule has 0 amide bonds. The molecule has 2 rings (SSSR count). The molecule has 0 aliphatic carbocycles. The lowest BCUT2D eigenvalue weighted by Crippen LogP contribution is -2.01. The SMILES string of the molecule is CC(C)CCOc1ccc2c(c1)OCC2O. The third-order valence-corrected chi connectivity index (χ3v) is 2.70. The van der Waals surface area contributed by atoms with Crippen LogP contribution in [0.3, 0.4) is 0 Å². The Morgan fingerprint density at radius 2 is 2.31 bits per heavy atom. The maximum Gasteiger partial charge on any atom is 0.129 e. The van der Waals surface area contributed by atoms with E-state index in [9.17, 15) is 5.11 Å². The molecule has 0 aromatic heterocycles. The topological polar surface area (TPSA) is 38.7 Å². The first-order chi connectivity index (χ1) is 7.66. The number of rotatable bonds is 4. The highest BCUT2D eigenvalue weighted by Gasteiger charge is 2.21. The lowest BCUT2D eigenvalue weighted by molar-refractivity contribution is 0.140. The fraction of sp³-hybridized carbons (Fsp3) is 0.538. The largest absolute Gasteiger partial charge is 0.493 e. The molecule has 0 spiro atoms. The van der Waals surface area contributed by atoms with Crippen molar-refractivity contribution in [3.05, 3.63) is 23.8 Å². The van der Waals surface area contributed by atoms with Crippen molar-refractivity contribution in [2.45, 2.75) is 26.4 Å². The molecule has 0 saturated heterocycles. The molecule has 0 saturated carbocycles. The zero-order valence-corrected chi connectivity index (χ0v) is 9.77. The molecule has 1 aliphatic heterocycles. The highest BCUT2D eigenvalue weighted by molar-refractivity contribution is 5.44. The van der Waals surface area contributed by atoms with Crippen molar-refractivity contribution in [1.29, 1.82) is 0 Å². The molecule has 0 fully saturated rings. The second-order valence-electron chi connectivity index (χ2n) is 4.56. The van der Waals surface area contributed by atoms with Gasteiger partial charge in [0, 0.05) is 11.6 Å². The Bertz CT molecular complexity index is 360. The number of ether oxygens (including phenoxy) is 2. The lowest BCUT2D eigenvalue weighted by Gasteiger charge is -2.09. The van der Waals surface area contributed by atoms with Crippen LogP contribution in [-0.2, 0) is 0 Å². The van der Waals surface area contributed by atoms with E-state index in [0.717, 1.165) is 30.1 Å². The van der Waals surface area contributed by atoms with Gasteiger partial charge >= 0.3 is 0 Å². The molecule has 0 radical (unpaired) electrons. The van der Waals surface area contributed by atoms with Gasteiger partial charge in [0.25, 0.3) is 0 Å². The molecule has 1 N–H and O–H groups in total. The smallest absolute Gasteiger partial charge is 0.129 e. The Kier molecular flexibility index (Phi) is 3.34. The quantitative estimate of drug-likeness (QED) is 0.850. The van der Waals surface area contributed by atoms with Crippen LogP contribution >= 0.6 is 0 Å². The summed E-state index contributed by atoms with van der Waals surface area (Å²) in [7, 11) is 0. The van der Waals surface area contributed by atoms with Crippen molar-refractivity contribution >= 4 is 0 Å². The minimum atomic E-state index is -0.486. The summed E-state index contributed by atoms with van der Waals surface area (Å²) in [6.07, 6.45) is 0.556. The van der Waals surface area contributed by atoms with E-state index in [4.69, 9.17) is 9.47 Å². The minimum absolute atomic E-state index is 0.352. The predicted octanol–water partition coefficient (Wildman–Crippen LogP) is 2.54. The van der Waals surface area contributed by atoms with Crippen LogP contribution in [0.5, 0.6) is 11.5 Å². The molecule has 0 bridgehead atoms. The van der Waals surface area contributed by atoms with Gasteiger partial charge in [-0.25, -0.2) is 0 Å². The third-order valence-electron chi connectivity index (χ3n) is 2.70. The zero-order chi connectivity index (χ0) is 11.5. The first kappa shape index (κ1) is 11.3. The first-order valence-corrected chi connectivity index (χ1v) is 5.74.